The molecule has 0 aliphatic rings. The van der Waals surface area contributed by atoms with Crippen LogP contribution in [0.1, 0.15) is 10.5 Å². The van der Waals surface area contributed by atoms with E-state index in [0.717, 1.165) is 11.5 Å². The summed E-state index contributed by atoms with van der Waals surface area (Å²) in [4.78, 5) is 24.9. The molecule has 1 heterocycles. The zero-order valence-corrected chi connectivity index (χ0v) is 9.68. The highest BCUT2D eigenvalue weighted by atomic mass is 32.2. The Morgan fingerprint density at radius 1 is 1.56 bits per heavy atom. The molecule has 0 aliphatic heterocycles. The van der Waals surface area contributed by atoms with Gasteiger partial charge in [0, 0.05) is 24.1 Å². The summed E-state index contributed by atoms with van der Waals surface area (Å²) in [5.74, 6) is 1.45. The SMILES string of the molecule is C=CCSCCNC(=O)c1cccc(=O)[nH]1. The van der Waals surface area contributed by atoms with Crippen molar-refractivity contribution in [3.05, 3.63) is 46.9 Å². The van der Waals surface area contributed by atoms with Crippen molar-refractivity contribution < 1.29 is 4.79 Å². The third kappa shape index (κ3) is 4.35. The van der Waals surface area contributed by atoms with Crippen LogP contribution in [0, 0.1) is 0 Å². The van der Waals surface area contributed by atoms with Gasteiger partial charge in [-0.1, -0.05) is 12.1 Å². The van der Waals surface area contributed by atoms with Crippen molar-refractivity contribution in [3.63, 3.8) is 0 Å². The van der Waals surface area contributed by atoms with Crippen LogP contribution in [0.3, 0.4) is 0 Å². The molecule has 0 aliphatic carbocycles. The number of aromatic nitrogens is 1. The lowest BCUT2D eigenvalue weighted by Gasteiger charge is -2.03. The van der Waals surface area contributed by atoms with Gasteiger partial charge in [-0.05, 0) is 6.07 Å². The van der Waals surface area contributed by atoms with Gasteiger partial charge in [-0.15, -0.1) is 6.58 Å². The van der Waals surface area contributed by atoms with E-state index in [1.54, 1.807) is 23.9 Å². The van der Waals surface area contributed by atoms with E-state index in [2.05, 4.69) is 16.9 Å². The average Bonchev–Trinajstić information content (AvgIpc) is 2.28. The molecule has 16 heavy (non-hydrogen) atoms. The molecule has 1 rings (SSSR count). The van der Waals surface area contributed by atoms with Crippen molar-refractivity contribution in [1.82, 2.24) is 10.3 Å². The molecule has 5 heteroatoms. The number of carbonyl (C=O) groups excluding carboxylic acids is 1. The number of thioether (sulfide) groups is 1. The number of hydrogen-bond acceptors (Lipinski definition) is 3. The number of H-pyrrole nitrogens is 1. The predicted molar refractivity (Wildman–Crippen MR) is 66.9 cm³/mol. The van der Waals surface area contributed by atoms with Gasteiger partial charge in [0.1, 0.15) is 5.69 Å². The second-order valence-corrected chi connectivity index (χ2v) is 4.20. The van der Waals surface area contributed by atoms with Gasteiger partial charge in [-0.25, -0.2) is 0 Å². The standard InChI is InChI=1S/C11H14N2O2S/c1-2-7-16-8-6-12-11(15)9-4-3-5-10(14)13-9/h2-5H,1,6-8H2,(H,12,15)(H,13,14). The topological polar surface area (TPSA) is 62.0 Å². The number of amides is 1. The van der Waals surface area contributed by atoms with Crippen molar-refractivity contribution in [2.75, 3.05) is 18.1 Å². The first kappa shape index (κ1) is 12.6. The molecule has 0 saturated heterocycles. The van der Waals surface area contributed by atoms with Crippen LogP contribution in [0.5, 0.6) is 0 Å². The van der Waals surface area contributed by atoms with Gasteiger partial charge in [0.15, 0.2) is 0 Å². The number of pyridine rings is 1. The van der Waals surface area contributed by atoms with E-state index >= 15 is 0 Å². The molecule has 2 N–H and O–H groups in total. The first-order valence-corrected chi connectivity index (χ1v) is 6.05. The van der Waals surface area contributed by atoms with Crippen LogP contribution in [0.4, 0.5) is 0 Å². The van der Waals surface area contributed by atoms with E-state index < -0.39 is 0 Å². The van der Waals surface area contributed by atoms with Crippen molar-refractivity contribution in [3.8, 4) is 0 Å². The van der Waals surface area contributed by atoms with Crippen LogP contribution in [-0.2, 0) is 0 Å². The maximum absolute atomic E-state index is 11.5. The van der Waals surface area contributed by atoms with Crippen LogP contribution < -0.4 is 10.9 Å². The molecule has 0 radical (unpaired) electrons. The van der Waals surface area contributed by atoms with Gasteiger partial charge >= 0.3 is 0 Å². The molecule has 0 spiro atoms. The lowest BCUT2D eigenvalue weighted by atomic mass is 10.3. The third-order valence-electron chi connectivity index (χ3n) is 1.78. The molecule has 0 atom stereocenters. The van der Waals surface area contributed by atoms with E-state index in [1.165, 1.54) is 6.07 Å². The first-order chi connectivity index (χ1) is 7.74. The third-order valence-corrected chi connectivity index (χ3v) is 2.74. The van der Waals surface area contributed by atoms with Gasteiger partial charge in [-0.3, -0.25) is 9.59 Å². The number of nitrogens with one attached hydrogen (secondary N) is 2. The number of rotatable bonds is 6. The largest absolute Gasteiger partial charge is 0.350 e. The summed E-state index contributed by atoms with van der Waals surface area (Å²) < 4.78 is 0. The Bertz CT molecular complexity index is 414. The maximum Gasteiger partial charge on any atom is 0.267 e. The van der Waals surface area contributed by atoms with E-state index in [4.69, 9.17) is 0 Å². The summed E-state index contributed by atoms with van der Waals surface area (Å²) in [6, 6.07) is 4.50. The Morgan fingerprint density at radius 2 is 2.38 bits per heavy atom. The van der Waals surface area contributed by atoms with Crippen molar-refractivity contribution in [2.45, 2.75) is 0 Å². The summed E-state index contributed by atoms with van der Waals surface area (Å²) in [6.45, 7) is 4.18. The number of hydrogen-bond donors (Lipinski definition) is 2. The Balaban J connectivity index is 2.35. The first-order valence-electron chi connectivity index (χ1n) is 4.90. The van der Waals surface area contributed by atoms with Crippen LogP contribution in [0.2, 0.25) is 0 Å². The maximum atomic E-state index is 11.5. The number of aromatic amines is 1. The lowest BCUT2D eigenvalue weighted by Crippen LogP contribution is -2.28. The quantitative estimate of drug-likeness (QED) is 0.574. The second-order valence-electron chi connectivity index (χ2n) is 3.05. The Hall–Kier alpha value is -1.49. The lowest BCUT2D eigenvalue weighted by molar-refractivity contribution is 0.0951. The zero-order valence-electron chi connectivity index (χ0n) is 8.86. The summed E-state index contributed by atoms with van der Waals surface area (Å²) in [6.07, 6.45) is 1.82. The summed E-state index contributed by atoms with van der Waals surface area (Å²) in [5.41, 5.74) is 0.0231. The molecular formula is C11H14N2O2S. The molecule has 0 unspecified atom stereocenters. The van der Waals surface area contributed by atoms with Gasteiger partial charge in [0.05, 0.1) is 0 Å². The summed E-state index contributed by atoms with van der Waals surface area (Å²) in [7, 11) is 0. The molecule has 1 aromatic rings. The smallest absolute Gasteiger partial charge is 0.267 e. The summed E-state index contributed by atoms with van der Waals surface area (Å²) in [5, 5.41) is 2.72. The summed E-state index contributed by atoms with van der Waals surface area (Å²) >= 11 is 1.69. The van der Waals surface area contributed by atoms with Crippen LogP contribution in [0.15, 0.2) is 35.6 Å². The highest BCUT2D eigenvalue weighted by molar-refractivity contribution is 7.99. The Kier molecular flexibility index (Phi) is 5.42. The molecular weight excluding hydrogens is 224 g/mol. The van der Waals surface area contributed by atoms with Crippen LogP contribution in [-0.4, -0.2) is 28.9 Å². The predicted octanol–water partition coefficient (Wildman–Crippen LogP) is 1.02. The fourth-order valence-corrected chi connectivity index (χ4v) is 1.66. The molecule has 4 nitrogen and oxygen atoms in total. The molecule has 1 amide bonds. The highest BCUT2D eigenvalue weighted by Crippen LogP contribution is 1.97. The van der Waals surface area contributed by atoms with Crippen LogP contribution >= 0.6 is 11.8 Å². The van der Waals surface area contributed by atoms with Gasteiger partial charge in [-0.2, -0.15) is 11.8 Å². The molecule has 0 bridgehead atoms. The minimum absolute atomic E-state index is 0.253. The Morgan fingerprint density at radius 3 is 3.06 bits per heavy atom. The van der Waals surface area contributed by atoms with E-state index in [-0.39, 0.29) is 11.5 Å². The molecule has 0 aromatic carbocycles. The van der Waals surface area contributed by atoms with Crippen molar-refractivity contribution in [1.29, 1.82) is 0 Å². The minimum Gasteiger partial charge on any atom is -0.350 e. The zero-order chi connectivity index (χ0) is 11.8. The van der Waals surface area contributed by atoms with E-state index in [9.17, 15) is 9.59 Å². The fraction of sp³-hybridized carbons (Fsp3) is 0.273. The van der Waals surface area contributed by atoms with Crippen molar-refractivity contribution >= 4 is 17.7 Å². The molecule has 1 aromatic heterocycles. The average molecular weight is 238 g/mol. The van der Waals surface area contributed by atoms with Crippen LogP contribution in [0.25, 0.3) is 0 Å². The highest BCUT2D eigenvalue weighted by Gasteiger charge is 2.04. The van der Waals surface area contributed by atoms with Gasteiger partial charge < -0.3 is 10.3 Å². The second kappa shape index (κ2) is 6.90. The normalized spacial score (nSPS) is 9.75. The Labute approximate surface area is 98.1 Å². The van der Waals surface area contributed by atoms with Crippen molar-refractivity contribution in [2.24, 2.45) is 0 Å². The monoisotopic (exact) mass is 238 g/mol. The van der Waals surface area contributed by atoms with E-state index in [1.807, 2.05) is 6.08 Å². The molecule has 0 fully saturated rings. The minimum atomic E-state index is -0.270. The number of carbonyl (C=O) groups is 1. The van der Waals surface area contributed by atoms with E-state index in [0.29, 0.717) is 12.2 Å². The molecule has 86 valence electrons. The van der Waals surface area contributed by atoms with Gasteiger partial charge in [0.25, 0.3) is 5.91 Å². The fourth-order valence-electron chi connectivity index (χ4n) is 1.08. The molecule has 0 saturated carbocycles. The van der Waals surface area contributed by atoms with Gasteiger partial charge in [0.2, 0.25) is 5.56 Å².